The van der Waals surface area contributed by atoms with Crippen LogP contribution in [0.2, 0.25) is 0 Å². The van der Waals surface area contributed by atoms with Gasteiger partial charge in [-0.2, -0.15) is 0 Å². The standard InChI is InChI=1S/C9H11N3O/c1-13-7-3-2-6-5-11-9(10)12-8(6)4-7/h2-4,12H,5,10H2,1H3/q+1. The highest BCUT2D eigenvalue weighted by Crippen LogP contribution is 2.23. The van der Waals surface area contributed by atoms with Crippen molar-refractivity contribution in [3.05, 3.63) is 23.8 Å². The Balaban J connectivity index is 2.37. The molecule has 1 aromatic rings. The molecular formula is C9H11N3O+. The van der Waals surface area contributed by atoms with Crippen molar-refractivity contribution >= 4 is 11.6 Å². The van der Waals surface area contributed by atoms with Gasteiger partial charge < -0.3 is 4.74 Å². The number of methoxy groups -OCH3 is 1. The van der Waals surface area contributed by atoms with Crippen molar-refractivity contribution in [3.8, 4) is 5.75 Å². The predicted molar refractivity (Wildman–Crippen MR) is 51.6 cm³/mol. The van der Waals surface area contributed by atoms with Crippen molar-refractivity contribution in [1.82, 2.24) is 4.99 Å². The van der Waals surface area contributed by atoms with Gasteiger partial charge in [-0.3, -0.25) is 5.73 Å². The highest BCUT2D eigenvalue weighted by Gasteiger charge is 2.16. The minimum atomic E-state index is 0.459. The van der Waals surface area contributed by atoms with Crippen molar-refractivity contribution in [2.24, 2.45) is 5.73 Å². The number of hydrogen-bond acceptors (Lipinski definition) is 4. The van der Waals surface area contributed by atoms with Gasteiger partial charge in [0.1, 0.15) is 18.0 Å². The van der Waals surface area contributed by atoms with Crippen LogP contribution in [-0.2, 0) is 6.54 Å². The van der Waals surface area contributed by atoms with Gasteiger partial charge >= 0.3 is 5.96 Å². The molecule has 0 saturated carbocycles. The summed E-state index contributed by atoms with van der Waals surface area (Å²) in [5.41, 5.74) is 7.65. The third kappa shape index (κ3) is 1.42. The van der Waals surface area contributed by atoms with Gasteiger partial charge in [0.2, 0.25) is 0 Å². The number of guanidine groups is 1. The average molecular weight is 177 g/mol. The summed E-state index contributed by atoms with van der Waals surface area (Å²) in [4.78, 5) is 4.07. The lowest BCUT2D eigenvalue weighted by atomic mass is 10.1. The van der Waals surface area contributed by atoms with Crippen LogP contribution in [0.1, 0.15) is 5.56 Å². The van der Waals surface area contributed by atoms with E-state index >= 15 is 0 Å². The summed E-state index contributed by atoms with van der Waals surface area (Å²) in [5, 5.41) is 2.98. The zero-order chi connectivity index (χ0) is 9.26. The molecule has 1 aliphatic heterocycles. The molecule has 1 radical (unpaired) electrons. The van der Waals surface area contributed by atoms with E-state index in [1.54, 1.807) is 7.11 Å². The van der Waals surface area contributed by atoms with E-state index < -0.39 is 0 Å². The molecule has 1 aliphatic rings. The Labute approximate surface area is 76.4 Å². The van der Waals surface area contributed by atoms with E-state index in [1.165, 1.54) is 0 Å². The molecule has 0 fully saturated rings. The van der Waals surface area contributed by atoms with Crippen LogP contribution in [0.15, 0.2) is 18.2 Å². The van der Waals surface area contributed by atoms with Gasteiger partial charge in [-0.25, -0.2) is 5.32 Å². The third-order valence-corrected chi connectivity index (χ3v) is 2.00. The maximum absolute atomic E-state index is 5.54. The number of benzene rings is 1. The second-order valence-corrected chi connectivity index (χ2v) is 2.85. The van der Waals surface area contributed by atoms with Crippen LogP contribution in [0.3, 0.4) is 0 Å². The van der Waals surface area contributed by atoms with Crippen LogP contribution < -0.4 is 20.8 Å². The fourth-order valence-electron chi connectivity index (χ4n) is 1.28. The number of hydrogen-bond donors (Lipinski definition) is 2. The number of ether oxygens (including phenoxy) is 1. The number of nitrogens with two attached hydrogens (primary N) is 1. The Hall–Kier alpha value is -1.71. The van der Waals surface area contributed by atoms with Crippen molar-refractivity contribution in [3.63, 3.8) is 0 Å². The molecule has 4 nitrogen and oxygen atoms in total. The Morgan fingerprint density at radius 1 is 1.54 bits per heavy atom. The molecule has 13 heavy (non-hydrogen) atoms. The summed E-state index contributed by atoms with van der Waals surface area (Å²) in [6.07, 6.45) is 0. The molecule has 1 heterocycles. The Bertz CT molecular complexity index is 360. The highest BCUT2D eigenvalue weighted by molar-refractivity contribution is 5.93. The number of aliphatic imine (C=N–C) groups is 1. The normalized spacial score (nSPS) is 14.1. The summed E-state index contributed by atoms with van der Waals surface area (Å²) >= 11 is 0. The smallest absolute Gasteiger partial charge is 0.382 e. The molecule has 0 aliphatic carbocycles. The quantitative estimate of drug-likeness (QED) is 0.647. The van der Waals surface area contributed by atoms with Gasteiger partial charge in [-0.1, -0.05) is 0 Å². The SMILES string of the molecule is COc1ccc2c(c1)NC(N)=[N+]C2. The number of rotatable bonds is 1. The number of anilines is 1. The first-order valence-corrected chi connectivity index (χ1v) is 4.03. The number of fused-ring (bicyclic) bond motifs is 1. The molecule has 0 saturated heterocycles. The molecule has 0 unspecified atom stereocenters. The van der Waals surface area contributed by atoms with Crippen molar-refractivity contribution in [2.45, 2.75) is 6.54 Å². The molecule has 0 spiro atoms. The first-order chi connectivity index (χ1) is 6.29. The van der Waals surface area contributed by atoms with Crippen molar-refractivity contribution in [2.75, 3.05) is 12.4 Å². The lowest BCUT2D eigenvalue weighted by molar-refractivity contribution is 0.415. The second-order valence-electron chi connectivity index (χ2n) is 2.85. The molecule has 1 aromatic carbocycles. The highest BCUT2D eigenvalue weighted by atomic mass is 16.5. The van der Waals surface area contributed by atoms with E-state index in [1.807, 2.05) is 18.2 Å². The molecule has 0 atom stereocenters. The zero-order valence-electron chi connectivity index (χ0n) is 7.37. The second kappa shape index (κ2) is 2.97. The molecular weight excluding hydrogens is 166 g/mol. The molecule has 3 N–H and O–H groups in total. The van der Waals surface area contributed by atoms with Crippen LogP contribution >= 0.6 is 0 Å². The van der Waals surface area contributed by atoms with E-state index in [4.69, 9.17) is 10.5 Å². The Kier molecular flexibility index (Phi) is 1.81. The summed E-state index contributed by atoms with van der Waals surface area (Å²) < 4.78 is 5.09. The fraction of sp³-hybridized carbons (Fsp3) is 0.222. The zero-order valence-corrected chi connectivity index (χ0v) is 7.37. The lowest BCUT2D eigenvalue weighted by Gasteiger charge is -2.09. The van der Waals surface area contributed by atoms with Crippen LogP contribution in [0.25, 0.3) is 0 Å². The van der Waals surface area contributed by atoms with E-state index in [-0.39, 0.29) is 0 Å². The first kappa shape index (κ1) is 7.91. The first-order valence-electron chi connectivity index (χ1n) is 4.03. The van der Waals surface area contributed by atoms with Gasteiger partial charge in [-0.15, -0.1) is 4.99 Å². The van der Waals surface area contributed by atoms with E-state index in [2.05, 4.69) is 10.3 Å². The van der Waals surface area contributed by atoms with E-state index in [0.717, 1.165) is 17.0 Å². The van der Waals surface area contributed by atoms with Gasteiger partial charge in [0.25, 0.3) is 0 Å². The predicted octanol–water partition coefficient (Wildman–Crippen LogP) is 0.271. The molecule has 0 bridgehead atoms. The lowest BCUT2D eigenvalue weighted by Crippen LogP contribution is -2.31. The van der Waals surface area contributed by atoms with Gasteiger partial charge in [0.15, 0.2) is 0 Å². The van der Waals surface area contributed by atoms with Crippen LogP contribution in [-0.4, -0.2) is 13.1 Å². The molecule has 2 rings (SSSR count). The monoisotopic (exact) mass is 177 g/mol. The Morgan fingerprint density at radius 2 is 2.38 bits per heavy atom. The number of nitrogens with one attached hydrogen (secondary N) is 1. The number of nitrogens with zero attached hydrogens (tertiary/aromatic N) is 1. The minimum absolute atomic E-state index is 0.459. The van der Waals surface area contributed by atoms with Crippen LogP contribution in [0, 0.1) is 0 Å². The molecule has 4 heteroatoms. The summed E-state index contributed by atoms with van der Waals surface area (Å²) in [6, 6.07) is 5.81. The minimum Gasteiger partial charge on any atom is -0.497 e. The summed E-state index contributed by atoms with van der Waals surface area (Å²) in [5.74, 6) is 1.28. The largest absolute Gasteiger partial charge is 0.497 e. The van der Waals surface area contributed by atoms with Gasteiger partial charge in [0.05, 0.1) is 7.11 Å². The molecule has 67 valence electrons. The van der Waals surface area contributed by atoms with Crippen LogP contribution in [0.4, 0.5) is 5.69 Å². The molecule has 0 amide bonds. The summed E-state index contributed by atoms with van der Waals surface area (Å²) in [6.45, 7) is 0.637. The van der Waals surface area contributed by atoms with Gasteiger partial charge in [0, 0.05) is 11.6 Å². The summed E-state index contributed by atoms with van der Waals surface area (Å²) in [7, 11) is 1.64. The topological polar surface area (TPSA) is 61.4 Å². The molecule has 0 aromatic heterocycles. The van der Waals surface area contributed by atoms with Crippen molar-refractivity contribution in [1.29, 1.82) is 0 Å². The maximum Gasteiger partial charge on any atom is 0.382 e. The Morgan fingerprint density at radius 3 is 3.15 bits per heavy atom. The maximum atomic E-state index is 5.54. The average Bonchev–Trinajstić information content (AvgIpc) is 2.16. The third-order valence-electron chi connectivity index (χ3n) is 2.00. The van der Waals surface area contributed by atoms with Crippen LogP contribution in [0.5, 0.6) is 5.75 Å². The fourth-order valence-corrected chi connectivity index (χ4v) is 1.28. The van der Waals surface area contributed by atoms with Crippen molar-refractivity contribution < 1.29 is 4.74 Å². The van der Waals surface area contributed by atoms with E-state index in [9.17, 15) is 0 Å². The van der Waals surface area contributed by atoms with E-state index in [0.29, 0.717) is 12.5 Å². The van der Waals surface area contributed by atoms with Gasteiger partial charge in [-0.05, 0) is 12.1 Å².